The van der Waals surface area contributed by atoms with E-state index in [1.807, 2.05) is 86.6 Å². The Morgan fingerprint density at radius 3 is 2.27 bits per heavy atom. The normalized spacial score (nSPS) is 11.5. The van der Waals surface area contributed by atoms with Crippen LogP contribution in [0.5, 0.6) is 0 Å². The lowest BCUT2D eigenvalue weighted by Gasteiger charge is -2.08. The third-order valence-electron chi connectivity index (χ3n) is 5.30. The maximum Gasteiger partial charge on any atom is 0.261 e. The van der Waals surface area contributed by atoms with Crippen molar-refractivity contribution in [2.45, 2.75) is 13.8 Å². The van der Waals surface area contributed by atoms with Crippen LogP contribution in [-0.2, 0) is 0 Å². The number of aromatic nitrogens is 3. The number of fused-ring (bicyclic) bond motifs is 2. The van der Waals surface area contributed by atoms with Crippen LogP contribution in [0.3, 0.4) is 0 Å². The molecule has 3 N–H and O–H groups in total. The van der Waals surface area contributed by atoms with E-state index in [1.54, 1.807) is 6.21 Å². The lowest BCUT2D eigenvalue weighted by Crippen LogP contribution is -2.14. The smallest absolute Gasteiger partial charge is 0.261 e. The van der Waals surface area contributed by atoms with Crippen LogP contribution >= 0.6 is 0 Å². The number of nitrogen functional groups attached to an aromatic ring is 1. The van der Waals surface area contributed by atoms with Crippen LogP contribution < -0.4 is 11.1 Å². The Morgan fingerprint density at radius 2 is 1.58 bits per heavy atom. The van der Waals surface area contributed by atoms with E-state index >= 15 is 0 Å². The number of nitrogens with two attached hydrogens (primary N) is 1. The SMILES string of the molecule is Cc1cc(C)cc(NC(=O)c2c(N)n(N=Cc3ccccc3)c3nc4ccccc4nc23)c1. The molecule has 2 heterocycles. The largest absolute Gasteiger partial charge is 0.383 e. The molecule has 0 aliphatic rings. The number of carbonyl (C=O) groups is 1. The predicted molar refractivity (Wildman–Crippen MR) is 133 cm³/mol. The first kappa shape index (κ1) is 20.4. The molecule has 0 bridgehead atoms. The molecule has 7 nitrogen and oxygen atoms in total. The number of anilines is 2. The standard InChI is InChI=1S/C26H22N6O/c1-16-12-17(2)14-19(13-16)29-26(33)22-23-25(31-21-11-7-6-10-20(21)30-23)32(24(22)27)28-15-18-8-4-3-5-9-18/h3-15H,27H2,1-2H3,(H,29,33). The molecule has 0 radical (unpaired) electrons. The van der Waals surface area contributed by atoms with Crippen LogP contribution in [0, 0.1) is 13.8 Å². The molecule has 5 aromatic rings. The summed E-state index contributed by atoms with van der Waals surface area (Å²) < 4.78 is 1.47. The second-order valence-electron chi connectivity index (χ2n) is 7.94. The molecule has 0 atom stereocenters. The zero-order valence-electron chi connectivity index (χ0n) is 18.3. The van der Waals surface area contributed by atoms with Crippen molar-refractivity contribution < 1.29 is 4.79 Å². The van der Waals surface area contributed by atoms with Crippen molar-refractivity contribution in [3.63, 3.8) is 0 Å². The molecular weight excluding hydrogens is 412 g/mol. The molecule has 1 amide bonds. The second-order valence-corrected chi connectivity index (χ2v) is 7.94. The van der Waals surface area contributed by atoms with Gasteiger partial charge in [0, 0.05) is 5.69 Å². The molecule has 0 unspecified atom stereocenters. The van der Waals surface area contributed by atoms with Gasteiger partial charge in [0.25, 0.3) is 5.91 Å². The van der Waals surface area contributed by atoms with Gasteiger partial charge in [-0.1, -0.05) is 48.5 Å². The van der Waals surface area contributed by atoms with Gasteiger partial charge in [-0.25, -0.2) is 9.97 Å². The van der Waals surface area contributed by atoms with Gasteiger partial charge in [-0.3, -0.25) is 4.79 Å². The molecule has 162 valence electrons. The fourth-order valence-electron chi connectivity index (χ4n) is 3.89. The zero-order valence-corrected chi connectivity index (χ0v) is 18.3. The van der Waals surface area contributed by atoms with Gasteiger partial charge in [-0.15, -0.1) is 0 Å². The maximum atomic E-state index is 13.4. The monoisotopic (exact) mass is 434 g/mol. The number of hydrogen-bond acceptors (Lipinski definition) is 5. The van der Waals surface area contributed by atoms with Gasteiger partial charge < -0.3 is 11.1 Å². The number of para-hydroxylation sites is 2. The molecule has 0 aliphatic heterocycles. The van der Waals surface area contributed by atoms with E-state index in [9.17, 15) is 4.79 Å². The number of nitrogens with zero attached hydrogens (tertiary/aromatic N) is 4. The number of hydrogen-bond donors (Lipinski definition) is 2. The Morgan fingerprint density at radius 1 is 0.939 bits per heavy atom. The predicted octanol–water partition coefficient (Wildman–Crippen LogP) is 4.92. The number of amides is 1. The van der Waals surface area contributed by atoms with Gasteiger partial charge >= 0.3 is 0 Å². The summed E-state index contributed by atoms with van der Waals surface area (Å²) in [7, 11) is 0. The molecule has 33 heavy (non-hydrogen) atoms. The highest BCUT2D eigenvalue weighted by atomic mass is 16.1. The lowest BCUT2D eigenvalue weighted by molar-refractivity contribution is 0.102. The number of benzene rings is 3. The van der Waals surface area contributed by atoms with E-state index in [0.717, 1.165) is 16.7 Å². The van der Waals surface area contributed by atoms with Crippen LogP contribution in [0.25, 0.3) is 22.2 Å². The summed E-state index contributed by atoms with van der Waals surface area (Å²) >= 11 is 0. The fraction of sp³-hybridized carbons (Fsp3) is 0.0769. The van der Waals surface area contributed by atoms with E-state index in [-0.39, 0.29) is 17.3 Å². The highest BCUT2D eigenvalue weighted by Crippen LogP contribution is 2.29. The average Bonchev–Trinajstić information content (AvgIpc) is 3.06. The minimum absolute atomic E-state index is 0.175. The summed E-state index contributed by atoms with van der Waals surface area (Å²) in [5.41, 5.74) is 12.6. The van der Waals surface area contributed by atoms with Gasteiger partial charge in [-0.05, 0) is 54.8 Å². The summed E-state index contributed by atoms with van der Waals surface area (Å²) in [5, 5.41) is 7.49. The Labute approximate surface area is 190 Å². The minimum Gasteiger partial charge on any atom is -0.383 e. The van der Waals surface area contributed by atoms with Gasteiger partial charge in [0.15, 0.2) is 5.65 Å². The van der Waals surface area contributed by atoms with Crippen molar-refractivity contribution in [3.8, 4) is 0 Å². The first-order valence-corrected chi connectivity index (χ1v) is 10.6. The van der Waals surface area contributed by atoms with Gasteiger partial charge in [0.1, 0.15) is 16.9 Å². The molecule has 0 aliphatic carbocycles. The van der Waals surface area contributed by atoms with Crippen molar-refractivity contribution in [1.29, 1.82) is 0 Å². The first-order chi connectivity index (χ1) is 16.0. The van der Waals surface area contributed by atoms with E-state index in [1.165, 1.54) is 4.68 Å². The molecule has 5 rings (SSSR count). The Kier molecular flexibility index (Phi) is 5.06. The van der Waals surface area contributed by atoms with E-state index in [2.05, 4.69) is 10.4 Å². The second kappa shape index (κ2) is 8.20. The summed E-state index contributed by atoms with van der Waals surface area (Å²) in [4.78, 5) is 22.8. The first-order valence-electron chi connectivity index (χ1n) is 10.6. The van der Waals surface area contributed by atoms with Crippen LogP contribution in [0.1, 0.15) is 27.0 Å². The van der Waals surface area contributed by atoms with Crippen LogP contribution in [0.2, 0.25) is 0 Å². The lowest BCUT2D eigenvalue weighted by atomic mass is 10.1. The molecular formula is C26H22N6O. The van der Waals surface area contributed by atoms with E-state index in [0.29, 0.717) is 27.9 Å². The fourth-order valence-corrected chi connectivity index (χ4v) is 3.89. The number of aryl methyl sites for hydroxylation is 2. The van der Waals surface area contributed by atoms with Crippen LogP contribution in [-0.4, -0.2) is 26.8 Å². The number of carbonyl (C=O) groups excluding carboxylic acids is 1. The Balaban J connectivity index is 1.67. The van der Waals surface area contributed by atoms with E-state index < -0.39 is 0 Å². The summed E-state index contributed by atoms with van der Waals surface area (Å²) in [6.45, 7) is 3.97. The van der Waals surface area contributed by atoms with Crippen LogP contribution in [0.4, 0.5) is 11.5 Å². The molecule has 0 spiro atoms. The molecule has 0 fully saturated rings. The van der Waals surface area contributed by atoms with Crippen molar-refractivity contribution >= 4 is 45.8 Å². The maximum absolute atomic E-state index is 13.4. The Hall–Kier alpha value is -4.52. The van der Waals surface area contributed by atoms with Crippen molar-refractivity contribution in [2.24, 2.45) is 5.10 Å². The van der Waals surface area contributed by atoms with Gasteiger partial charge in [-0.2, -0.15) is 9.78 Å². The third-order valence-corrected chi connectivity index (χ3v) is 5.30. The summed E-state index contributed by atoms with van der Waals surface area (Å²) in [6, 6.07) is 23.0. The van der Waals surface area contributed by atoms with Gasteiger partial charge in [0.2, 0.25) is 0 Å². The van der Waals surface area contributed by atoms with Crippen molar-refractivity contribution in [1.82, 2.24) is 14.6 Å². The molecule has 7 heteroatoms. The highest BCUT2D eigenvalue weighted by molar-refractivity contribution is 6.16. The van der Waals surface area contributed by atoms with Crippen LogP contribution in [0.15, 0.2) is 77.9 Å². The van der Waals surface area contributed by atoms with Gasteiger partial charge in [0.05, 0.1) is 17.2 Å². The van der Waals surface area contributed by atoms with E-state index in [4.69, 9.17) is 15.7 Å². The number of rotatable bonds is 4. The molecule has 3 aromatic carbocycles. The third kappa shape index (κ3) is 3.92. The highest BCUT2D eigenvalue weighted by Gasteiger charge is 2.24. The quantitative estimate of drug-likeness (QED) is 0.392. The molecule has 0 saturated heterocycles. The minimum atomic E-state index is -0.360. The average molecular weight is 435 g/mol. The summed E-state index contributed by atoms with van der Waals surface area (Å²) in [6.07, 6.45) is 1.68. The molecule has 0 saturated carbocycles. The van der Waals surface area contributed by atoms with Crippen molar-refractivity contribution in [2.75, 3.05) is 11.1 Å². The topological polar surface area (TPSA) is 98.2 Å². The summed E-state index contributed by atoms with van der Waals surface area (Å²) in [5.74, 6) is -0.185. The van der Waals surface area contributed by atoms with Crippen molar-refractivity contribution in [3.05, 3.63) is 95.1 Å². The number of nitrogens with one attached hydrogen (secondary N) is 1. The zero-order chi connectivity index (χ0) is 22.9. The molecule has 2 aromatic heterocycles. The Bertz CT molecular complexity index is 1520.